The predicted octanol–water partition coefficient (Wildman–Crippen LogP) is 9.24. The summed E-state index contributed by atoms with van der Waals surface area (Å²) in [6.07, 6.45) is 8.66. The van der Waals surface area contributed by atoms with Crippen LogP contribution in [0.2, 0.25) is 0 Å². The Morgan fingerprint density at radius 2 is 0.941 bits per heavy atom. The van der Waals surface area contributed by atoms with Crippen LogP contribution in [0.1, 0.15) is 119 Å². The highest BCUT2D eigenvalue weighted by Crippen LogP contribution is 2.33. The third-order valence-corrected chi connectivity index (χ3v) is 8.31. The molecule has 198 valence electrons. The van der Waals surface area contributed by atoms with Gasteiger partial charge in [-0.1, -0.05) is 80.5 Å². The van der Waals surface area contributed by atoms with Crippen molar-refractivity contribution in [1.82, 2.24) is 0 Å². The zero-order valence-corrected chi connectivity index (χ0v) is 24.4. The molecule has 0 aliphatic carbocycles. The van der Waals surface area contributed by atoms with Gasteiger partial charge in [-0.2, -0.15) is 8.42 Å². The van der Waals surface area contributed by atoms with Gasteiger partial charge in [-0.25, -0.2) is 0 Å². The lowest BCUT2D eigenvalue weighted by atomic mass is 9.80. The van der Waals surface area contributed by atoms with E-state index in [1.54, 1.807) is 6.07 Å². The van der Waals surface area contributed by atoms with Crippen molar-refractivity contribution in [2.75, 3.05) is 0 Å². The van der Waals surface area contributed by atoms with Gasteiger partial charge in [0.15, 0.2) is 0 Å². The van der Waals surface area contributed by atoms with E-state index in [0.29, 0.717) is 11.8 Å². The molecule has 0 bridgehead atoms. The van der Waals surface area contributed by atoms with E-state index in [-0.39, 0.29) is 10.8 Å². The Bertz CT molecular complexity index is 801. The molecule has 7 unspecified atom stereocenters. The topological polar surface area (TPSA) is 54.4 Å². The van der Waals surface area contributed by atoms with Gasteiger partial charge in [0.2, 0.25) is 0 Å². The van der Waals surface area contributed by atoms with E-state index in [1.807, 2.05) is 12.1 Å². The van der Waals surface area contributed by atoms with Crippen molar-refractivity contribution >= 4 is 10.1 Å². The molecule has 0 fully saturated rings. The summed E-state index contributed by atoms with van der Waals surface area (Å²) in [6, 6.07) is 6.85. The van der Waals surface area contributed by atoms with Gasteiger partial charge in [-0.3, -0.25) is 4.55 Å². The second-order valence-corrected chi connectivity index (χ2v) is 14.0. The Kier molecular flexibility index (Phi) is 13.4. The van der Waals surface area contributed by atoms with Crippen molar-refractivity contribution in [1.29, 1.82) is 0 Å². The second kappa shape index (κ2) is 14.6. The Labute approximate surface area is 212 Å². The summed E-state index contributed by atoms with van der Waals surface area (Å²) in [7, 11) is -4.19. The van der Waals surface area contributed by atoms with Gasteiger partial charge in [0.25, 0.3) is 10.1 Å². The lowest BCUT2D eigenvalue weighted by Crippen LogP contribution is -2.14. The summed E-state index contributed by atoms with van der Waals surface area (Å²) >= 11 is 0. The molecule has 0 spiro atoms. The van der Waals surface area contributed by atoms with Crippen LogP contribution in [-0.4, -0.2) is 13.0 Å². The molecule has 0 saturated heterocycles. The van der Waals surface area contributed by atoms with E-state index >= 15 is 0 Å². The molecule has 3 nitrogen and oxygen atoms in total. The SMILES string of the molecule is CC(C)CC(C)CC(C)CC(C)CC(C)CC(C)CC(C)CC(C)c1ccccc1S(=O)(=O)O. The molecule has 1 aromatic rings. The molecule has 1 rings (SSSR count). The van der Waals surface area contributed by atoms with E-state index in [9.17, 15) is 13.0 Å². The van der Waals surface area contributed by atoms with Crippen LogP contribution in [0, 0.1) is 41.4 Å². The summed E-state index contributed by atoms with van der Waals surface area (Å²) in [4.78, 5) is 0.0539. The Balaban J connectivity index is 2.47. The largest absolute Gasteiger partial charge is 0.294 e. The predicted molar refractivity (Wildman–Crippen MR) is 147 cm³/mol. The first-order chi connectivity index (χ1) is 15.7. The van der Waals surface area contributed by atoms with E-state index in [0.717, 1.165) is 48.0 Å². The molecule has 0 saturated carbocycles. The highest BCUT2D eigenvalue weighted by Gasteiger charge is 2.22. The van der Waals surface area contributed by atoms with Gasteiger partial charge in [0.05, 0.1) is 4.90 Å². The van der Waals surface area contributed by atoms with E-state index in [2.05, 4.69) is 62.3 Å². The molecular formula is C30H54O3S. The summed E-state index contributed by atoms with van der Waals surface area (Å²) in [6.45, 7) is 21.0. The summed E-state index contributed by atoms with van der Waals surface area (Å²) in [5.41, 5.74) is 0.725. The zero-order valence-electron chi connectivity index (χ0n) is 23.5. The van der Waals surface area contributed by atoms with Gasteiger partial charge in [0, 0.05) is 0 Å². The van der Waals surface area contributed by atoms with Crippen molar-refractivity contribution in [3.05, 3.63) is 29.8 Å². The van der Waals surface area contributed by atoms with Crippen molar-refractivity contribution in [3.8, 4) is 0 Å². The molecule has 0 amide bonds. The number of hydrogen-bond donors (Lipinski definition) is 1. The maximum absolute atomic E-state index is 11.7. The molecule has 0 aliphatic heterocycles. The van der Waals surface area contributed by atoms with Gasteiger partial charge >= 0.3 is 0 Å². The molecule has 7 atom stereocenters. The van der Waals surface area contributed by atoms with Crippen LogP contribution >= 0.6 is 0 Å². The van der Waals surface area contributed by atoms with E-state index in [4.69, 9.17) is 0 Å². The molecule has 0 aromatic heterocycles. The number of benzene rings is 1. The van der Waals surface area contributed by atoms with Crippen LogP contribution < -0.4 is 0 Å². The first-order valence-corrected chi connectivity index (χ1v) is 15.2. The fourth-order valence-electron chi connectivity index (χ4n) is 6.67. The molecular weight excluding hydrogens is 440 g/mol. The highest BCUT2D eigenvalue weighted by molar-refractivity contribution is 7.85. The van der Waals surface area contributed by atoms with Gasteiger partial charge in [0.1, 0.15) is 0 Å². The molecule has 1 N–H and O–H groups in total. The molecule has 0 radical (unpaired) electrons. The first kappa shape index (κ1) is 31.2. The highest BCUT2D eigenvalue weighted by atomic mass is 32.2. The average molecular weight is 495 g/mol. The number of rotatable bonds is 16. The molecule has 1 aromatic carbocycles. The van der Waals surface area contributed by atoms with Gasteiger partial charge in [-0.05, 0) is 104 Å². The maximum Gasteiger partial charge on any atom is 0.294 e. The summed E-state index contributed by atoms with van der Waals surface area (Å²) < 4.78 is 33.1. The van der Waals surface area contributed by atoms with Crippen LogP contribution in [-0.2, 0) is 10.1 Å². The lowest BCUT2D eigenvalue weighted by molar-refractivity contribution is 0.262. The second-order valence-electron chi connectivity index (χ2n) is 12.6. The van der Waals surface area contributed by atoms with Gasteiger partial charge in [-0.15, -0.1) is 0 Å². The molecule has 4 heteroatoms. The molecule has 34 heavy (non-hydrogen) atoms. The minimum Gasteiger partial charge on any atom is -0.282 e. The van der Waals surface area contributed by atoms with E-state index in [1.165, 1.54) is 38.2 Å². The van der Waals surface area contributed by atoms with Crippen molar-refractivity contribution < 1.29 is 13.0 Å². The van der Waals surface area contributed by atoms with Crippen molar-refractivity contribution in [2.45, 2.75) is 118 Å². The van der Waals surface area contributed by atoms with E-state index < -0.39 is 10.1 Å². The quantitative estimate of drug-likeness (QED) is 0.233. The fraction of sp³-hybridized carbons (Fsp3) is 0.800. The minimum absolute atomic E-state index is 0.0539. The van der Waals surface area contributed by atoms with Crippen LogP contribution in [0.3, 0.4) is 0 Å². The first-order valence-electron chi connectivity index (χ1n) is 13.7. The monoisotopic (exact) mass is 494 g/mol. The fourth-order valence-corrected chi connectivity index (χ4v) is 7.49. The van der Waals surface area contributed by atoms with Crippen LogP contribution in [0.5, 0.6) is 0 Å². The lowest BCUT2D eigenvalue weighted by Gasteiger charge is -2.26. The van der Waals surface area contributed by atoms with Gasteiger partial charge < -0.3 is 0 Å². The van der Waals surface area contributed by atoms with Crippen molar-refractivity contribution in [3.63, 3.8) is 0 Å². The summed E-state index contributed by atoms with van der Waals surface area (Å²) in [5.74, 6) is 5.19. The smallest absolute Gasteiger partial charge is 0.282 e. The minimum atomic E-state index is -4.19. The third kappa shape index (κ3) is 12.2. The normalized spacial score (nSPS) is 18.8. The van der Waals surface area contributed by atoms with Crippen LogP contribution in [0.25, 0.3) is 0 Å². The summed E-state index contributed by atoms with van der Waals surface area (Å²) in [5, 5.41) is 0. The average Bonchev–Trinajstić information content (AvgIpc) is 2.65. The Hall–Kier alpha value is -0.870. The van der Waals surface area contributed by atoms with Crippen LogP contribution in [0.4, 0.5) is 0 Å². The number of hydrogen-bond acceptors (Lipinski definition) is 2. The Morgan fingerprint density at radius 1 is 0.588 bits per heavy atom. The molecule has 0 heterocycles. The zero-order chi connectivity index (χ0) is 26.1. The Morgan fingerprint density at radius 3 is 1.32 bits per heavy atom. The van der Waals surface area contributed by atoms with Crippen molar-refractivity contribution in [2.24, 2.45) is 41.4 Å². The third-order valence-electron chi connectivity index (χ3n) is 7.38. The molecule has 0 aliphatic rings. The maximum atomic E-state index is 11.7. The standard InChI is InChI=1S/C30H54O3S/c1-21(2)14-22(3)15-23(4)16-24(5)17-25(6)18-26(7)19-27(8)20-28(9)29-12-10-11-13-30(29)34(31,32)33/h10-13,21-28H,14-20H2,1-9H3,(H,31,32,33). The van der Waals surface area contributed by atoms with Crippen LogP contribution in [0.15, 0.2) is 29.2 Å².